The smallest absolute Gasteiger partial charge is 0.0801 e. The van der Waals surface area contributed by atoms with Gasteiger partial charge in [-0.15, -0.1) is 0 Å². The van der Waals surface area contributed by atoms with Crippen LogP contribution in [0.1, 0.15) is 0 Å². The third kappa shape index (κ3) is 2.69. The van der Waals surface area contributed by atoms with Gasteiger partial charge < -0.3 is 10.0 Å². The zero-order valence-corrected chi connectivity index (χ0v) is 8.28. The van der Waals surface area contributed by atoms with Gasteiger partial charge in [0, 0.05) is 49.0 Å². The van der Waals surface area contributed by atoms with Gasteiger partial charge in [-0.25, -0.2) is 3.11 Å². The van der Waals surface area contributed by atoms with Gasteiger partial charge in [0.1, 0.15) is 0 Å². The van der Waals surface area contributed by atoms with Crippen LogP contribution >= 0.6 is 22.9 Å². The highest BCUT2D eigenvalue weighted by atomic mass is 127. The molecule has 1 N–H and O–H groups in total. The summed E-state index contributed by atoms with van der Waals surface area (Å²) in [5.41, 5.74) is 0. The van der Waals surface area contributed by atoms with Gasteiger partial charge in [0.05, 0.1) is 6.10 Å². The average molecular weight is 256 g/mol. The molecule has 0 amide bonds. The monoisotopic (exact) mass is 256 g/mol. The lowest BCUT2D eigenvalue weighted by atomic mass is 10.3. The number of rotatable bonds is 0. The van der Waals surface area contributed by atoms with Gasteiger partial charge >= 0.3 is 0 Å². The van der Waals surface area contributed by atoms with E-state index in [9.17, 15) is 5.11 Å². The summed E-state index contributed by atoms with van der Waals surface area (Å²) in [7, 11) is 2.04. The normalized spacial score (nSPS) is 32.1. The first-order valence-electron chi connectivity index (χ1n) is 3.46. The van der Waals surface area contributed by atoms with Gasteiger partial charge in [-0.05, 0) is 7.05 Å². The second-order valence-corrected chi connectivity index (χ2v) is 4.15. The van der Waals surface area contributed by atoms with Crippen LogP contribution < -0.4 is 0 Å². The Labute approximate surface area is 75.5 Å². The topological polar surface area (TPSA) is 26.7 Å². The molecule has 4 heteroatoms. The van der Waals surface area contributed by atoms with Crippen LogP contribution in [0.15, 0.2) is 0 Å². The van der Waals surface area contributed by atoms with Crippen LogP contribution in [0.5, 0.6) is 0 Å². The first-order valence-corrected chi connectivity index (χ1v) is 4.42. The van der Waals surface area contributed by atoms with Crippen molar-refractivity contribution in [2.45, 2.75) is 6.10 Å². The summed E-state index contributed by atoms with van der Waals surface area (Å²) >= 11 is 2.25. The van der Waals surface area contributed by atoms with Gasteiger partial charge in [0.25, 0.3) is 0 Å². The van der Waals surface area contributed by atoms with Crippen LogP contribution in [-0.2, 0) is 0 Å². The van der Waals surface area contributed by atoms with Crippen molar-refractivity contribution in [2.75, 3.05) is 33.2 Å². The van der Waals surface area contributed by atoms with E-state index >= 15 is 0 Å². The molecule has 0 aliphatic carbocycles. The predicted molar refractivity (Wildman–Crippen MR) is 49.1 cm³/mol. The van der Waals surface area contributed by atoms with Crippen molar-refractivity contribution >= 4 is 22.9 Å². The molecule has 0 aromatic carbocycles. The fraction of sp³-hybridized carbons (Fsp3) is 1.00. The van der Waals surface area contributed by atoms with Crippen molar-refractivity contribution in [3.63, 3.8) is 0 Å². The summed E-state index contributed by atoms with van der Waals surface area (Å²) in [4.78, 5) is 2.16. The summed E-state index contributed by atoms with van der Waals surface area (Å²) < 4.78 is 2.13. The maximum atomic E-state index is 9.34. The first kappa shape index (κ1) is 8.70. The van der Waals surface area contributed by atoms with Crippen molar-refractivity contribution < 1.29 is 5.11 Å². The molecule has 1 aliphatic heterocycles. The van der Waals surface area contributed by atoms with Crippen molar-refractivity contribution in [3.8, 4) is 0 Å². The highest BCUT2D eigenvalue weighted by Gasteiger charge is 2.16. The molecule has 3 nitrogen and oxygen atoms in total. The van der Waals surface area contributed by atoms with Crippen molar-refractivity contribution in [2.24, 2.45) is 0 Å². The second-order valence-electron chi connectivity index (χ2n) is 2.78. The molecule has 1 fully saturated rings. The minimum atomic E-state index is -0.176. The molecular weight excluding hydrogens is 243 g/mol. The van der Waals surface area contributed by atoms with E-state index < -0.39 is 0 Å². The minimum Gasteiger partial charge on any atom is -0.390 e. The largest absolute Gasteiger partial charge is 0.390 e. The number of likely N-dealkylation sites (N-methyl/N-ethyl adjacent to an activating group) is 1. The van der Waals surface area contributed by atoms with Crippen molar-refractivity contribution in [1.29, 1.82) is 0 Å². The van der Waals surface area contributed by atoms with Crippen LogP contribution in [0.2, 0.25) is 0 Å². The van der Waals surface area contributed by atoms with Gasteiger partial charge in [-0.3, -0.25) is 0 Å². The lowest BCUT2D eigenvalue weighted by molar-refractivity contribution is 0.136. The molecule has 0 radical (unpaired) electrons. The SMILES string of the molecule is CN1CCN(I)CC(O)C1. The van der Waals surface area contributed by atoms with Crippen LogP contribution in [0.4, 0.5) is 0 Å². The Morgan fingerprint density at radius 2 is 2.10 bits per heavy atom. The van der Waals surface area contributed by atoms with Crippen LogP contribution in [-0.4, -0.2) is 52.5 Å². The lowest BCUT2D eigenvalue weighted by Crippen LogP contribution is -2.29. The molecule has 1 rings (SSSR count). The van der Waals surface area contributed by atoms with Crippen molar-refractivity contribution in [3.05, 3.63) is 0 Å². The maximum absolute atomic E-state index is 9.34. The Balaban J connectivity index is 2.38. The van der Waals surface area contributed by atoms with E-state index in [2.05, 4.69) is 30.9 Å². The number of halogens is 1. The van der Waals surface area contributed by atoms with Crippen molar-refractivity contribution in [1.82, 2.24) is 8.01 Å². The molecule has 10 heavy (non-hydrogen) atoms. The van der Waals surface area contributed by atoms with Gasteiger partial charge in [-0.2, -0.15) is 0 Å². The summed E-state index contributed by atoms with van der Waals surface area (Å²) in [6.07, 6.45) is -0.176. The Hall–Kier alpha value is 0.610. The molecule has 60 valence electrons. The van der Waals surface area contributed by atoms with E-state index in [0.717, 1.165) is 26.2 Å². The summed E-state index contributed by atoms with van der Waals surface area (Å²) in [6, 6.07) is 0. The number of nitrogens with zero attached hydrogens (tertiary/aromatic N) is 2. The molecule has 0 bridgehead atoms. The molecule has 0 spiro atoms. The Bertz CT molecular complexity index is 99.9. The van der Waals surface area contributed by atoms with Crippen LogP contribution in [0.25, 0.3) is 0 Å². The van der Waals surface area contributed by atoms with Gasteiger partial charge in [-0.1, -0.05) is 0 Å². The van der Waals surface area contributed by atoms with Gasteiger partial charge in [0.15, 0.2) is 0 Å². The molecular formula is C6H13IN2O. The fourth-order valence-electron chi connectivity index (χ4n) is 1.11. The number of hydrogen-bond acceptors (Lipinski definition) is 3. The van der Waals surface area contributed by atoms with E-state index in [4.69, 9.17) is 0 Å². The van der Waals surface area contributed by atoms with E-state index in [1.807, 2.05) is 7.05 Å². The second kappa shape index (κ2) is 3.85. The first-order chi connectivity index (χ1) is 4.68. The highest BCUT2D eigenvalue weighted by Crippen LogP contribution is 2.05. The molecule has 1 atom stereocenters. The quantitative estimate of drug-likeness (QED) is 0.486. The Morgan fingerprint density at radius 3 is 2.80 bits per heavy atom. The molecule has 1 heterocycles. The third-order valence-electron chi connectivity index (χ3n) is 1.66. The number of hydrogen-bond donors (Lipinski definition) is 1. The predicted octanol–water partition coefficient (Wildman–Crippen LogP) is -0.0553. The van der Waals surface area contributed by atoms with E-state index in [-0.39, 0.29) is 6.10 Å². The molecule has 0 aromatic heterocycles. The summed E-state index contributed by atoms with van der Waals surface area (Å²) in [5, 5.41) is 9.34. The molecule has 0 saturated carbocycles. The molecule has 1 saturated heterocycles. The van der Waals surface area contributed by atoms with E-state index in [1.165, 1.54) is 0 Å². The number of aliphatic hydroxyl groups is 1. The fourth-order valence-corrected chi connectivity index (χ4v) is 1.78. The Kier molecular flexibility index (Phi) is 3.35. The van der Waals surface area contributed by atoms with E-state index in [0.29, 0.717) is 0 Å². The zero-order valence-electron chi connectivity index (χ0n) is 6.13. The highest BCUT2D eigenvalue weighted by molar-refractivity contribution is 14.1. The zero-order chi connectivity index (χ0) is 7.56. The third-order valence-corrected chi connectivity index (χ3v) is 2.53. The average Bonchev–Trinajstić information content (AvgIpc) is 1.93. The van der Waals surface area contributed by atoms with E-state index in [1.54, 1.807) is 0 Å². The number of aliphatic hydroxyl groups excluding tert-OH is 1. The maximum Gasteiger partial charge on any atom is 0.0801 e. The molecule has 0 aromatic rings. The van der Waals surface area contributed by atoms with Crippen LogP contribution in [0.3, 0.4) is 0 Å². The lowest BCUT2D eigenvalue weighted by Gasteiger charge is -2.13. The number of β-amino-alcohol motifs (C(OH)–C–C–N with tert-alkyl or cyclic N) is 1. The van der Waals surface area contributed by atoms with Crippen LogP contribution in [0, 0.1) is 0 Å². The standard InChI is InChI=1S/C6H13IN2O/c1-8-2-3-9(7)5-6(10)4-8/h6,10H,2-5H2,1H3. The summed E-state index contributed by atoms with van der Waals surface area (Å²) in [5.74, 6) is 0. The molecule has 1 aliphatic rings. The molecule has 1 unspecified atom stereocenters. The minimum absolute atomic E-state index is 0.176. The summed E-state index contributed by atoms with van der Waals surface area (Å²) in [6.45, 7) is 3.71. The Morgan fingerprint density at radius 1 is 1.40 bits per heavy atom. The van der Waals surface area contributed by atoms with Gasteiger partial charge in [0.2, 0.25) is 0 Å².